The number of hydrogen-bond donors (Lipinski definition) is 0. The fourth-order valence-corrected chi connectivity index (χ4v) is 5.68. The van der Waals surface area contributed by atoms with E-state index in [2.05, 4.69) is 181 Å². The monoisotopic (exact) mass is 523 g/mol. The van der Waals surface area contributed by atoms with Gasteiger partial charge in [-0.25, -0.2) is 0 Å². The topological polar surface area (TPSA) is 3.24 Å². The van der Waals surface area contributed by atoms with Crippen molar-refractivity contribution in [1.82, 2.24) is 0 Å². The van der Waals surface area contributed by atoms with E-state index in [1.807, 2.05) is 0 Å². The second kappa shape index (κ2) is 11.0. The fraction of sp³-hybridized carbons (Fsp3) is 0. The molecule has 0 bridgehead atoms. The smallest absolute Gasteiger partial charge is 0.0546 e. The van der Waals surface area contributed by atoms with Crippen molar-refractivity contribution in [2.75, 3.05) is 4.90 Å². The first-order valence-corrected chi connectivity index (χ1v) is 14.0. The highest BCUT2D eigenvalue weighted by Crippen LogP contribution is 2.43. The van der Waals surface area contributed by atoms with Crippen LogP contribution in [0.5, 0.6) is 0 Å². The van der Waals surface area contributed by atoms with Gasteiger partial charge in [-0.2, -0.15) is 0 Å². The molecule has 7 rings (SSSR count). The number of benzene rings is 7. The minimum atomic E-state index is 1.12. The van der Waals surface area contributed by atoms with Crippen molar-refractivity contribution in [2.24, 2.45) is 0 Å². The molecule has 0 fully saturated rings. The Morgan fingerprint density at radius 3 is 1.49 bits per heavy atom. The Labute approximate surface area is 241 Å². The maximum Gasteiger partial charge on any atom is 0.0546 e. The van der Waals surface area contributed by atoms with Crippen molar-refractivity contribution in [2.45, 2.75) is 0 Å². The zero-order valence-electron chi connectivity index (χ0n) is 22.7. The second-order valence-corrected chi connectivity index (χ2v) is 10.2. The Morgan fingerprint density at radius 2 is 0.805 bits per heavy atom. The summed E-state index contributed by atoms with van der Waals surface area (Å²) < 4.78 is 0. The molecule has 41 heavy (non-hydrogen) atoms. The lowest BCUT2D eigenvalue weighted by Crippen LogP contribution is -2.10. The third-order valence-corrected chi connectivity index (χ3v) is 7.65. The van der Waals surface area contributed by atoms with Crippen molar-refractivity contribution >= 4 is 27.8 Å². The Morgan fingerprint density at radius 1 is 0.317 bits per heavy atom. The van der Waals surface area contributed by atoms with E-state index in [0.29, 0.717) is 0 Å². The zero-order valence-corrected chi connectivity index (χ0v) is 22.7. The van der Waals surface area contributed by atoms with Crippen LogP contribution in [0.2, 0.25) is 0 Å². The number of para-hydroxylation sites is 1. The molecular weight excluding hydrogens is 494 g/mol. The van der Waals surface area contributed by atoms with Gasteiger partial charge < -0.3 is 4.90 Å². The van der Waals surface area contributed by atoms with E-state index in [-0.39, 0.29) is 0 Å². The molecule has 0 aliphatic rings. The minimum absolute atomic E-state index is 1.12. The molecule has 7 aromatic carbocycles. The van der Waals surface area contributed by atoms with E-state index in [4.69, 9.17) is 0 Å². The largest absolute Gasteiger partial charge is 0.310 e. The summed E-state index contributed by atoms with van der Waals surface area (Å²) in [6.07, 6.45) is 0. The number of fused-ring (bicyclic) bond motifs is 1. The van der Waals surface area contributed by atoms with Gasteiger partial charge in [0, 0.05) is 16.8 Å². The van der Waals surface area contributed by atoms with Crippen molar-refractivity contribution in [1.29, 1.82) is 0 Å². The van der Waals surface area contributed by atoms with Gasteiger partial charge in [-0.3, -0.25) is 0 Å². The van der Waals surface area contributed by atoms with E-state index >= 15 is 0 Å². The summed E-state index contributed by atoms with van der Waals surface area (Å²) in [6, 6.07) is 62.8. The average molecular weight is 524 g/mol. The van der Waals surface area contributed by atoms with Crippen LogP contribution in [0, 0.1) is 0 Å². The number of nitrogens with zero attached hydrogens (tertiary/aromatic N) is 1. The van der Waals surface area contributed by atoms with Crippen LogP contribution >= 0.6 is 0 Å². The van der Waals surface area contributed by atoms with Gasteiger partial charge in [0.25, 0.3) is 0 Å². The van der Waals surface area contributed by atoms with Gasteiger partial charge >= 0.3 is 0 Å². The molecular formula is C40H29N. The maximum absolute atomic E-state index is 2.39. The van der Waals surface area contributed by atoms with Crippen LogP contribution < -0.4 is 4.90 Å². The Hall–Kier alpha value is -5.40. The van der Waals surface area contributed by atoms with Crippen LogP contribution in [-0.2, 0) is 0 Å². The molecule has 1 nitrogen and oxygen atoms in total. The van der Waals surface area contributed by atoms with Gasteiger partial charge in [-0.15, -0.1) is 0 Å². The van der Waals surface area contributed by atoms with Gasteiger partial charge in [-0.1, -0.05) is 146 Å². The molecule has 7 aromatic rings. The molecule has 0 atom stereocenters. The van der Waals surface area contributed by atoms with Crippen molar-refractivity contribution < 1.29 is 0 Å². The SMILES string of the molecule is c1ccc(-c2ccc(-c3cccc4cccc(N(c5ccccc5)c5cccc(-c6ccccc6)c5)c34)cc2)cc1. The first-order valence-electron chi connectivity index (χ1n) is 14.0. The normalized spacial score (nSPS) is 10.9. The van der Waals surface area contributed by atoms with E-state index in [1.165, 1.54) is 44.2 Å². The first-order chi connectivity index (χ1) is 20.3. The molecule has 0 amide bonds. The van der Waals surface area contributed by atoms with Crippen LogP contribution in [0.4, 0.5) is 17.1 Å². The van der Waals surface area contributed by atoms with E-state index < -0.39 is 0 Å². The van der Waals surface area contributed by atoms with Crippen LogP contribution in [0.1, 0.15) is 0 Å². The van der Waals surface area contributed by atoms with Crippen LogP contribution in [0.15, 0.2) is 176 Å². The van der Waals surface area contributed by atoms with Crippen molar-refractivity contribution in [3.05, 3.63) is 176 Å². The number of rotatable bonds is 6. The summed E-state index contributed by atoms with van der Waals surface area (Å²) in [7, 11) is 0. The summed E-state index contributed by atoms with van der Waals surface area (Å²) in [5.74, 6) is 0. The van der Waals surface area contributed by atoms with Gasteiger partial charge in [0.05, 0.1) is 5.69 Å². The first kappa shape index (κ1) is 24.6. The standard InChI is InChI=1S/C40H29N/c1-4-13-30(14-5-1)32-25-27-33(28-26-32)38-23-11-17-34-18-12-24-39(40(34)38)41(36-20-8-3-9-21-36)37-22-10-19-35(29-37)31-15-6-2-7-16-31/h1-29H. The molecule has 0 radical (unpaired) electrons. The summed E-state index contributed by atoms with van der Waals surface area (Å²) in [4.78, 5) is 2.39. The predicted octanol–water partition coefficient (Wildman–Crippen LogP) is 11.3. The highest BCUT2D eigenvalue weighted by Gasteiger charge is 2.18. The van der Waals surface area contributed by atoms with Gasteiger partial charge in [-0.05, 0) is 69.1 Å². The molecule has 0 unspecified atom stereocenters. The highest BCUT2D eigenvalue weighted by atomic mass is 15.1. The van der Waals surface area contributed by atoms with Crippen molar-refractivity contribution in [3.63, 3.8) is 0 Å². The summed E-state index contributed by atoms with van der Waals surface area (Å²) in [5.41, 5.74) is 10.7. The Kier molecular flexibility index (Phi) is 6.61. The number of anilines is 3. The molecule has 0 spiro atoms. The molecule has 0 heterocycles. The van der Waals surface area contributed by atoms with Gasteiger partial charge in [0.15, 0.2) is 0 Å². The second-order valence-electron chi connectivity index (χ2n) is 10.2. The van der Waals surface area contributed by atoms with E-state index in [9.17, 15) is 0 Å². The zero-order chi connectivity index (χ0) is 27.4. The Balaban J connectivity index is 1.41. The van der Waals surface area contributed by atoms with Crippen molar-refractivity contribution in [3.8, 4) is 33.4 Å². The number of hydrogen-bond acceptors (Lipinski definition) is 1. The quantitative estimate of drug-likeness (QED) is 0.209. The summed E-state index contributed by atoms with van der Waals surface area (Å²) >= 11 is 0. The third-order valence-electron chi connectivity index (χ3n) is 7.65. The lowest BCUT2D eigenvalue weighted by Gasteiger charge is -2.28. The molecule has 0 aliphatic heterocycles. The molecule has 0 aliphatic carbocycles. The lowest BCUT2D eigenvalue weighted by atomic mass is 9.94. The average Bonchev–Trinajstić information content (AvgIpc) is 3.06. The minimum Gasteiger partial charge on any atom is -0.310 e. The van der Waals surface area contributed by atoms with Crippen LogP contribution in [0.3, 0.4) is 0 Å². The predicted molar refractivity (Wildman–Crippen MR) is 175 cm³/mol. The maximum atomic E-state index is 2.39. The molecule has 1 heteroatoms. The summed E-state index contributed by atoms with van der Waals surface area (Å²) in [6.45, 7) is 0. The highest BCUT2D eigenvalue weighted by molar-refractivity contribution is 6.08. The Bertz CT molecular complexity index is 1900. The van der Waals surface area contributed by atoms with Crippen LogP contribution in [0.25, 0.3) is 44.2 Å². The van der Waals surface area contributed by atoms with Gasteiger partial charge in [0.2, 0.25) is 0 Å². The third kappa shape index (κ3) is 4.90. The molecule has 194 valence electrons. The van der Waals surface area contributed by atoms with E-state index in [1.54, 1.807) is 0 Å². The molecule has 0 aromatic heterocycles. The summed E-state index contributed by atoms with van der Waals surface area (Å²) in [5, 5.41) is 2.45. The molecule has 0 saturated heterocycles. The molecule has 0 N–H and O–H groups in total. The molecule has 0 saturated carbocycles. The lowest BCUT2D eigenvalue weighted by molar-refractivity contribution is 1.30. The van der Waals surface area contributed by atoms with E-state index in [0.717, 1.165) is 17.1 Å². The fourth-order valence-electron chi connectivity index (χ4n) is 5.68. The van der Waals surface area contributed by atoms with Gasteiger partial charge in [0.1, 0.15) is 0 Å². The van der Waals surface area contributed by atoms with Crippen LogP contribution in [-0.4, -0.2) is 0 Å².